The second-order valence-corrected chi connectivity index (χ2v) is 6.88. The van der Waals surface area contributed by atoms with Crippen molar-refractivity contribution in [1.29, 1.82) is 0 Å². The van der Waals surface area contributed by atoms with Crippen LogP contribution >= 0.6 is 27.5 Å². The summed E-state index contributed by atoms with van der Waals surface area (Å²) in [7, 11) is 0. The van der Waals surface area contributed by atoms with E-state index in [1.54, 1.807) is 6.07 Å². The zero-order valence-corrected chi connectivity index (χ0v) is 15.4. The van der Waals surface area contributed by atoms with E-state index < -0.39 is 29.6 Å². The standard InChI is InChI=1S/C17H11BrClFN2O4/c18-10-2-1-9(13(20)5-10)7-22-16(25)12-4-3-11(19)6-14(12)21(17(22)26)8-15(23)24/h1-6H,7-8H2,(H,23,24)/p-1. The first kappa shape index (κ1) is 18.3. The van der Waals surface area contributed by atoms with E-state index in [4.69, 9.17) is 11.6 Å². The van der Waals surface area contributed by atoms with Crippen molar-refractivity contribution in [2.45, 2.75) is 13.1 Å². The number of carboxylic acid groups (broad SMARTS) is 1. The second-order valence-electron chi connectivity index (χ2n) is 5.53. The van der Waals surface area contributed by atoms with Gasteiger partial charge >= 0.3 is 5.69 Å². The maximum absolute atomic E-state index is 14.1. The largest absolute Gasteiger partial charge is 0.548 e. The van der Waals surface area contributed by atoms with E-state index in [2.05, 4.69) is 15.9 Å². The van der Waals surface area contributed by atoms with E-state index in [9.17, 15) is 23.9 Å². The molecular formula is C17H10BrClFN2O4-. The molecule has 26 heavy (non-hydrogen) atoms. The van der Waals surface area contributed by atoms with Gasteiger partial charge in [0.25, 0.3) is 5.56 Å². The number of carbonyl (C=O) groups is 1. The maximum Gasteiger partial charge on any atom is 0.332 e. The van der Waals surface area contributed by atoms with Crippen LogP contribution < -0.4 is 16.4 Å². The lowest BCUT2D eigenvalue weighted by atomic mass is 10.2. The highest BCUT2D eigenvalue weighted by molar-refractivity contribution is 9.10. The number of rotatable bonds is 4. The fourth-order valence-corrected chi connectivity index (χ4v) is 3.13. The summed E-state index contributed by atoms with van der Waals surface area (Å²) in [5.74, 6) is -2.11. The van der Waals surface area contributed by atoms with Crippen LogP contribution in [0.4, 0.5) is 4.39 Å². The summed E-state index contributed by atoms with van der Waals surface area (Å²) in [5.41, 5.74) is -1.38. The highest BCUT2D eigenvalue weighted by atomic mass is 79.9. The van der Waals surface area contributed by atoms with Crippen molar-refractivity contribution in [3.05, 3.63) is 78.1 Å². The summed E-state index contributed by atoms with van der Waals surface area (Å²) in [4.78, 5) is 36.4. The third-order valence-corrected chi connectivity index (χ3v) is 4.55. The molecule has 0 fully saturated rings. The molecule has 0 atom stereocenters. The van der Waals surface area contributed by atoms with Crippen LogP contribution in [-0.4, -0.2) is 15.1 Å². The molecule has 0 amide bonds. The number of benzene rings is 2. The molecule has 0 bridgehead atoms. The van der Waals surface area contributed by atoms with Gasteiger partial charge in [-0.3, -0.25) is 13.9 Å². The molecule has 0 spiro atoms. The van der Waals surface area contributed by atoms with Gasteiger partial charge in [-0.2, -0.15) is 0 Å². The van der Waals surface area contributed by atoms with Crippen molar-refractivity contribution >= 4 is 44.4 Å². The van der Waals surface area contributed by atoms with Gasteiger partial charge in [0.05, 0.1) is 30.0 Å². The van der Waals surface area contributed by atoms with Crippen molar-refractivity contribution in [3.63, 3.8) is 0 Å². The second kappa shape index (κ2) is 7.05. The van der Waals surface area contributed by atoms with Gasteiger partial charge in [-0.1, -0.05) is 33.6 Å². The van der Waals surface area contributed by atoms with Crippen LogP contribution in [0.3, 0.4) is 0 Å². The van der Waals surface area contributed by atoms with Gasteiger partial charge in [-0.05, 0) is 30.3 Å². The van der Waals surface area contributed by atoms with Crippen LogP contribution in [0, 0.1) is 5.82 Å². The monoisotopic (exact) mass is 439 g/mol. The van der Waals surface area contributed by atoms with Crippen molar-refractivity contribution < 1.29 is 14.3 Å². The molecule has 1 heterocycles. The van der Waals surface area contributed by atoms with Crippen LogP contribution in [0.2, 0.25) is 5.02 Å². The molecule has 0 aliphatic rings. The molecule has 0 saturated carbocycles. The van der Waals surface area contributed by atoms with Crippen LogP contribution in [0.15, 0.2) is 50.5 Å². The van der Waals surface area contributed by atoms with Crippen molar-refractivity contribution in [2.75, 3.05) is 0 Å². The van der Waals surface area contributed by atoms with E-state index in [0.717, 1.165) is 9.13 Å². The first-order valence-electron chi connectivity index (χ1n) is 7.34. The zero-order chi connectivity index (χ0) is 19.0. The van der Waals surface area contributed by atoms with Gasteiger partial charge in [-0.15, -0.1) is 0 Å². The lowest BCUT2D eigenvalue weighted by molar-refractivity contribution is -0.306. The molecule has 1 aromatic heterocycles. The summed E-state index contributed by atoms with van der Waals surface area (Å²) in [6.45, 7) is -1.11. The highest BCUT2D eigenvalue weighted by Crippen LogP contribution is 2.17. The summed E-state index contributed by atoms with van der Waals surface area (Å²) >= 11 is 9.03. The fraction of sp³-hybridized carbons (Fsp3) is 0.118. The van der Waals surface area contributed by atoms with E-state index in [1.165, 1.54) is 30.3 Å². The highest BCUT2D eigenvalue weighted by Gasteiger charge is 2.15. The number of carbonyl (C=O) groups excluding carboxylic acids is 1. The van der Waals surface area contributed by atoms with Crippen LogP contribution in [-0.2, 0) is 17.9 Å². The Balaban J connectivity index is 2.28. The minimum absolute atomic E-state index is 0.0734. The Hall–Kier alpha value is -2.45. The summed E-state index contributed by atoms with van der Waals surface area (Å²) in [6, 6.07) is 8.38. The summed E-state index contributed by atoms with van der Waals surface area (Å²) < 4.78 is 16.3. The molecule has 0 unspecified atom stereocenters. The lowest BCUT2D eigenvalue weighted by Gasteiger charge is -2.15. The number of aliphatic carboxylic acids is 1. The van der Waals surface area contributed by atoms with Gasteiger partial charge in [0.1, 0.15) is 5.82 Å². The molecule has 3 rings (SSSR count). The molecule has 0 saturated heterocycles. The molecular weight excluding hydrogens is 431 g/mol. The lowest BCUT2D eigenvalue weighted by Crippen LogP contribution is -2.43. The maximum atomic E-state index is 14.1. The normalized spacial score (nSPS) is 11.0. The van der Waals surface area contributed by atoms with Gasteiger partial charge in [0.15, 0.2) is 0 Å². The zero-order valence-electron chi connectivity index (χ0n) is 13.0. The molecule has 134 valence electrons. The summed E-state index contributed by atoms with van der Waals surface area (Å²) in [6.07, 6.45) is 0. The molecule has 0 aliphatic carbocycles. The topological polar surface area (TPSA) is 84.1 Å². The first-order chi connectivity index (χ1) is 12.3. The summed E-state index contributed by atoms with van der Waals surface area (Å²) in [5, 5.41) is 11.4. The average Bonchev–Trinajstić information content (AvgIpc) is 2.57. The minimum Gasteiger partial charge on any atom is -0.548 e. The molecule has 0 radical (unpaired) electrons. The SMILES string of the molecule is O=C([O-])Cn1c(=O)n(Cc2ccc(Br)cc2F)c(=O)c2ccc(Cl)cc21. The average molecular weight is 441 g/mol. The molecule has 3 aromatic rings. The Morgan fingerprint density at radius 2 is 1.88 bits per heavy atom. The van der Waals surface area contributed by atoms with E-state index >= 15 is 0 Å². The van der Waals surface area contributed by atoms with Gasteiger partial charge < -0.3 is 9.90 Å². The number of aromatic nitrogens is 2. The number of fused-ring (bicyclic) bond motifs is 1. The van der Waals surface area contributed by atoms with Crippen LogP contribution in [0.1, 0.15) is 5.56 Å². The number of carboxylic acids is 1. The molecule has 6 nitrogen and oxygen atoms in total. The van der Waals surface area contributed by atoms with Gasteiger partial charge in [0, 0.05) is 15.1 Å². The number of hydrogen-bond donors (Lipinski definition) is 0. The Kier molecular flexibility index (Phi) is 4.97. The van der Waals surface area contributed by atoms with Gasteiger partial charge in [-0.25, -0.2) is 9.18 Å². The molecule has 0 aliphatic heterocycles. The number of halogens is 3. The minimum atomic E-state index is -1.51. The Morgan fingerprint density at radius 3 is 2.54 bits per heavy atom. The Bertz CT molecular complexity index is 1160. The van der Waals surface area contributed by atoms with Crippen LogP contribution in [0.5, 0.6) is 0 Å². The van der Waals surface area contributed by atoms with Crippen molar-refractivity contribution in [1.82, 2.24) is 9.13 Å². The van der Waals surface area contributed by atoms with Crippen LogP contribution in [0.25, 0.3) is 10.9 Å². The quantitative estimate of drug-likeness (QED) is 0.616. The van der Waals surface area contributed by atoms with Gasteiger partial charge in [0.2, 0.25) is 0 Å². The number of hydrogen-bond acceptors (Lipinski definition) is 4. The van der Waals surface area contributed by atoms with E-state index in [1.807, 2.05) is 0 Å². The third kappa shape index (κ3) is 3.42. The molecule has 2 aromatic carbocycles. The smallest absolute Gasteiger partial charge is 0.332 e. The molecule has 0 N–H and O–H groups in total. The predicted molar refractivity (Wildman–Crippen MR) is 95.7 cm³/mol. The predicted octanol–water partition coefficient (Wildman–Crippen LogP) is 1.52. The van der Waals surface area contributed by atoms with Crippen molar-refractivity contribution in [2.24, 2.45) is 0 Å². The Morgan fingerprint density at radius 1 is 1.15 bits per heavy atom. The molecule has 9 heteroatoms. The van der Waals surface area contributed by atoms with E-state index in [0.29, 0.717) is 4.47 Å². The number of nitrogens with zero attached hydrogens (tertiary/aromatic N) is 2. The van der Waals surface area contributed by atoms with E-state index in [-0.39, 0.29) is 28.0 Å². The van der Waals surface area contributed by atoms with Crippen molar-refractivity contribution in [3.8, 4) is 0 Å². The third-order valence-electron chi connectivity index (χ3n) is 3.82. The first-order valence-corrected chi connectivity index (χ1v) is 8.51. The fourth-order valence-electron chi connectivity index (χ4n) is 2.63. The Labute approximate surface area is 159 Å².